The summed E-state index contributed by atoms with van der Waals surface area (Å²) in [5.41, 5.74) is 5.03. The molecule has 0 aromatic carbocycles. The van der Waals surface area contributed by atoms with Crippen molar-refractivity contribution in [1.82, 2.24) is 5.32 Å². The summed E-state index contributed by atoms with van der Waals surface area (Å²) < 4.78 is 0. The molecule has 0 saturated heterocycles. The van der Waals surface area contributed by atoms with Crippen LogP contribution in [-0.2, 0) is 4.79 Å². The van der Waals surface area contributed by atoms with Gasteiger partial charge in [-0.3, -0.25) is 4.79 Å². The van der Waals surface area contributed by atoms with Gasteiger partial charge in [0.05, 0.1) is 6.61 Å². The average molecular weight is 357 g/mol. The summed E-state index contributed by atoms with van der Waals surface area (Å²) in [5, 5.41) is 12.5. The van der Waals surface area contributed by atoms with E-state index in [1.807, 2.05) is 0 Å². The Kier molecular flexibility index (Phi) is 16.4. The smallest absolute Gasteiger partial charge is 0.242 e. The maximum Gasteiger partial charge on any atom is 0.242 e. The maximum absolute atomic E-state index is 12.3. The SMILES string of the molecule is CCCCCCCCCCC(N)(CO)C(=O)NCCCCCCCC. The minimum Gasteiger partial charge on any atom is -0.394 e. The average Bonchev–Trinajstić information content (AvgIpc) is 2.62. The van der Waals surface area contributed by atoms with Crippen molar-refractivity contribution >= 4 is 5.91 Å². The Hall–Kier alpha value is -0.610. The summed E-state index contributed by atoms with van der Waals surface area (Å²) in [6.07, 6.45) is 17.5. The Morgan fingerprint density at radius 1 is 0.800 bits per heavy atom. The molecule has 0 radical (unpaired) electrons. The zero-order valence-electron chi connectivity index (χ0n) is 17.0. The van der Waals surface area contributed by atoms with Gasteiger partial charge < -0.3 is 16.2 Å². The minimum absolute atomic E-state index is 0.188. The number of unbranched alkanes of at least 4 members (excludes halogenated alkanes) is 12. The van der Waals surface area contributed by atoms with E-state index in [1.165, 1.54) is 64.2 Å². The number of carbonyl (C=O) groups is 1. The second-order valence-electron chi connectivity index (χ2n) is 7.56. The highest BCUT2D eigenvalue weighted by Crippen LogP contribution is 2.15. The molecule has 0 heterocycles. The van der Waals surface area contributed by atoms with Crippen LogP contribution >= 0.6 is 0 Å². The first-order valence-corrected chi connectivity index (χ1v) is 10.8. The van der Waals surface area contributed by atoms with Gasteiger partial charge >= 0.3 is 0 Å². The van der Waals surface area contributed by atoms with Gasteiger partial charge in [0, 0.05) is 6.54 Å². The van der Waals surface area contributed by atoms with Crippen molar-refractivity contribution in [3.8, 4) is 0 Å². The van der Waals surface area contributed by atoms with Crippen molar-refractivity contribution in [3.63, 3.8) is 0 Å². The third-order valence-corrected chi connectivity index (χ3v) is 5.03. The zero-order chi connectivity index (χ0) is 18.8. The van der Waals surface area contributed by atoms with Gasteiger partial charge in [-0.2, -0.15) is 0 Å². The molecule has 0 saturated carbocycles. The number of rotatable bonds is 18. The van der Waals surface area contributed by atoms with Crippen LogP contribution in [0.2, 0.25) is 0 Å². The number of aliphatic hydroxyl groups is 1. The van der Waals surface area contributed by atoms with Crippen LogP contribution in [0.1, 0.15) is 110 Å². The lowest BCUT2D eigenvalue weighted by molar-refractivity contribution is -0.128. The van der Waals surface area contributed by atoms with Gasteiger partial charge in [-0.25, -0.2) is 0 Å². The summed E-state index contributed by atoms with van der Waals surface area (Å²) in [7, 11) is 0. The van der Waals surface area contributed by atoms with Gasteiger partial charge in [0.25, 0.3) is 0 Å². The summed E-state index contributed by atoms with van der Waals surface area (Å²) in [6.45, 7) is 4.84. The molecule has 25 heavy (non-hydrogen) atoms. The van der Waals surface area contributed by atoms with Crippen LogP contribution < -0.4 is 11.1 Å². The van der Waals surface area contributed by atoms with E-state index in [1.54, 1.807) is 0 Å². The largest absolute Gasteiger partial charge is 0.394 e. The molecule has 0 bridgehead atoms. The molecule has 4 nitrogen and oxygen atoms in total. The van der Waals surface area contributed by atoms with Crippen molar-refractivity contribution in [2.24, 2.45) is 5.73 Å². The quantitative estimate of drug-likeness (QED) is 0.312. The second-order valence-corrected chi connectivity index (χ2v) is 7.56. The van der Waals surface area contributed by atoms with Crippen molar-refractivity contribution in [3.05, 3.63) is 0 Å². The van der Waals surface area contributed by atoms with Gasteiger partial charge in [0.1, 0.15) is 5.54 Å². The molecule has 0 aliphatic rings. The Bertz CT molecular complexity index is 310. The lowest BCUT2D eigenvalue weighted by Crippen LogP contribution is -2.56. The highest BCUT2D eigenvalue weighted by molar-refractivity contribution is 5.86. The van der Waals surface area contributed by atoms with Crippen LogP contribution in [0.3, 0.4) is 0 Å². The molecular weight excluding hydrogens is 312 g/mol. The normalized spacial score (nSPS) is 13.6. The molecule has 1 amide bonds. The van der Waals surface area contributed by atoms with Crippen LogP contribution in [0, 0.1) is 0 Å². The van der Waals surface area contributed by atoms with E-state index in [0.29, 0.717) is 13.0 Å². The van der Waals surface area contributed by atoms with Gasteiger partial charge in [0.15, 0.2) is 0 Å². The number of nitrogens with two attached hydrogens (primary N) is 1. The molecule has 0 aliphatic carbocycles. The van der Waals surface area contributed by atoms with Crippen molar-refractivity contribution in [2.75, 3.05) is 13.2 Å². The highest BCUT2D eigenvalue weighted by atomic mass is 16.3. The number of hydrogen-bond donors (Lipinski definition) is 3. The third-order valence-electron chi connectivity index (χ3n) is 5.03. The number of carbonyl (C=O) groups excluding carboxylic acids is 1. The van der Waals surface area contributed by atoms with Gasteiger partial charge in [-0.1, -0.05) is 97.3 Å². The summed E-state index contributed by atoms with van der Waals surface area (Å²) in [6, 6.07) is 0. The molecule has 1 atom stereocenters. The van der Waals surface area contributed by atoms with E-state index >= 15 is 0 Å². The van der Waals surface area contributed by atoms with Gasteiger partial charge in [0.2, 0.25) is 5.91 Å². The molecular formula is C21H44N2O2. The molecule has 4 heteroatoms. The highest BCUT2D eigenvalue weighted by Gasteiger charge is 2.32. The Morgan fingerprint density at radius 2 is 1.24 bits per heavy atom. The first-order valence-electron chi connectivity index (χ1n) is 10.8. The predicted octanol–water partition coefficient (Wildman–Crippen LogP) is 4.68. The Morgan fingerprint density at radius 3 is 1.72 bits per heavy atom. The van der Waals surface area contributed by atoms with Crippen LogP contribution in [0.25, 0.3) is 0 Å². The predicted molar refractivity (Wildman–Crippen MR) is 108 cm³/mol. The Balaban J connectivity index is 3.76. The van der Waals surface area contributed by atoms with Crippen molar-refractivity contribution in [2.45, 2.75) is 116 Å². The van der Waals surface area contributed by atoms with E-state index in [4.69, 9.17) is 5.73 Å². The number of hydrogen-bond acceptors (Lipinski definition) is 3. The van der Waals surface area contributed by atoms with Gasteiger partial charge in [-0.15, -0.1) is 0 Å². The molecule has 0 aliphatic heterocycles. The number of aliphatic hydroxyl groups excluding tert-OH is 1. The molecule has 0 spiro atoms. The molecule has 0 rings (SSSR count). The van der Waals surface area contributed by atoms with Crippen LogP contribution in [0.5, 0.6) is 0 Å². The van der Waals surface area contributed by atoms with E-state index in [0.717, 1.165) is 25.7 Å². The molecule has 150 valence electrons. The zero-order valence-corrected chi connectivity index (χ0v) is 17.0. The van der Waals surface area contributed by atoms with E-state index in [-0.39, 0.29) is 12.5 Å². The van der Waals surface area contributed by atoms with E-state index in [9.17, 15) is 9.90 Å². The van der Waals surface area contributed by atoms with Crippen molar-refractivity contribution < 1.29 is 9.90 Å². The monoisotopic (exact) mass is 356 g/mol. The lowest BCUT2D eigenvalue weighted by atomic mass is 9.92. The molecule has 0 aromatic rings. The number of amides is 1. The lowest BCUT2D eigenvalue weighted by Gasteiger charge is -2.26. The minimum atomic E-state index is -1.11. The summed E-state index contributed by atoms with van der Waals surface area (Å²) >= 11 is 0. The Labute approximate surface area is 156 Å². The molecule has 1 unspecified atom stereocenters. The molecule has 0 aromatic heterocycles. The van der Waals surface area contributed by atoms with E-state index in [2.05, 4.69) is 19.2 Å². The summed E-state index contributed by atoms with van der Waals surface area (Å²) in [5.74, 6) is -0.188. The maximum atomic E-state index is 12.3. The fraction of sp³-hybridized carbons (Fsp3) is 0.952. The molecule has 0 fully saturated rings. The van der Waals surface area contributed by atoms with E-state index < -0.39 is 5.54 Å². The van der Waals surface area contributed by atoms with Crippen molar-refractivity contribution in [1.29, 1.82) is 0 Å². The second kappa shape index (κ2) is 16.8. The fourth-order valence-electron chi connectivity index (χ4n) is 3.12. The first kappa shape index (κ1) is 24.4. The third kappa shape index (κ3) is 13.3. The fourth-order valence-corrected chi connectivity index (χ4v) is 3.12. The van der Waals surface area contributed by atoms with Crippen LogP contribution in [0.15, 0.2) is 0 Å². The van der Waals surface area contributed by atoms with Crippen LogP contribution in [0.4, 0.5) is 0 Å². The van der Waals surface area contributed by atoms with Gasteiger partial charge in [-0.05, 0) is 12.8 Å². The first-order chi connectivity index (χ1) is 12.1. The number of nitrogens with one attached hydrogen (secondary N) is 1. The topological polar surface area (TPSA) is 75.3 Å². The standard InChI is InChI=1S/C21H44N2O2/c1-3-5-7-9-11-12-13-15-17-21(22,19-24)20(25)23-18-16-14-10-8-6-4-2/h24H,3-19,22H2,1-2H3,(H,23,25). The van der Waals surface area contributed by atoms with Crippen LogP contribution in [-0.4, -0.2) is 29.7 Å². The summed E-state index contributed by atoms with van der Waals surface area (Å²) in [4.78, 5) is 12.3. The molecule has 4 N–H and O–H groups in total.